The van der Waals surface area contributed by atoms with Crippen molar-refractivity contribution < 1.29 is 42.9 Å². The minimum absolute atomic E-state index is 0.174. The summed E-state index contributed by atoms with van der Waals surface area (Å²) in [5, 5.41) is 9.77. The molecule has 1 N–H and O–H groups in total. The number of aliphatic carboxylic acids is 1. The quantitative estimate of drug-likeness (QED) is 0.0211. The molecule has 0 radical (unpaired) electrons. The summed E-state index contributed by atoms with van der Waals surface area (Å²) in [5.74, 6) is -2.04. The molecular weight excluding hydrogens is 1220 g/mol. The molecule has 0 aliphatic rings. The predicted octanol–water partition coefficient (Wildman–Crippen LogP) is 25.5. The van der Waals surface area contributed by atoms with Crippen LogP contribution in [0.2, 0.25) is 0 Å². The number of unbranched alkanes of at least 4 members (excludes halogenated alkanes) is 21. The number of esters is 2. The molecule has 0 aromatic carbocycles. The van der Waals surface area contributed by atoms with E-state index < -0.39 is 24.3 Å². The first-order valence-corrected chi connectivity index (χ1v) is 39.2. The third-order valence-corrected chi connectivity index (χ3v) is 16.0. The number of allylic oxidation sites excluding steroid dienone is 34. The topological polar surface area (TPSA) is 108 Å². The Morgan fingerprint density at radius 3 is 0.808 bits per heavy atom. The highest BCUT2D eigenvalue weighted by atomic mass is 16.7. The fraction of sp³-hybridized carbons (Fsp3) is 0.589. The first kappa shape index (κ1) is 92.9. The van der Waals surface area contributed by atoms with Crippen molar-refractivity contribution in [1.82, 2.24) is 0 Å². The summed E-state index contributed by atoms with van der Waals surface area (Å²) in [6, 6.07) is 0. The molecule has 0 amide bonds. The van der Waals surface area contributed by atoms with Crippen molar-refractivity contribution in [2.24, 2.45) is 0 Å². The standard InChI is InChI=1S/C90H143NO8/c1-6-8-10-12-14-16-18-20-22-24-26-28-30-32-34-36-38-40-41-42-43-44-45-46-47-49-50-52-54-56-58-60-62-64-66-68-70-72-74-76-78-80-87(92)97-84-86(85-98-90(89(94)95)96-83-82-91(3,4)5)99-88(93)81-79-77-75-73-71-69-67-65-63-61-59-57-55-53-51-48-39-37-35-33-31-29-27-25-23-21-19-17-15-13-11-9-7-2/h8-11,14-17,20-23,26-29,32-35,38-40,42-43,45-46,48,53,55,59,61,65,67,86,90H,6-7,12-13,18-19,24-25,30-31,36-37,41,44,47,49-52,54,56-58,60,62-64,66,68-85H2,1-5H3/p+1/b10-8-,11-9-,16-14-,17-15-,22-20-,23-21-,28-26-,29-27-,34-32-,35-33-,40-38-,43-42-,46-45-,48-39-,55-53-,61-59-,67-65-. The van der Waals surface area contributed by atoms with Crippen molar-refractivity contribution in [3.05, 3.63) is 207 Å². The number of carbonyl (C=O) groups excluding carboxylic acids is 2. The van der Waals surface area contributed by atoms with Gasteiger partial charge in [0.2, 0.25) is 0 Å². The Hall–Kier alpha value is -6.13. The van der Waals surface area contributed by atoms with Gasteiger partial charge in [0.25, 0.3) is 6.29 Å². The zero-order chi connectivity index (χ0) is 71.8. The molecule has 556 valence electrons. The summed E-state index contributed by atoms with van der Waals surface area (Å²) < 4.78 is 23.0. The number of hydrogen-bond donors (Lipinski definition) is 1. The molecule has 2 unspecified atom stereocenters. The highest BCUT2D eigenvalue weighted by Gasteiger charge is 2.25. The van der Waals surface area contributed by atoms with Crippen molar-refractivity contribution in [1.29, 1.82) is 0 Å². The third kappa shape index (κ3) is 79.1. The van der Waals surface area contributed by atoms with Crippen LogP contribution in [0.3, 0.4) is 0 Å². The zero-order valence-corrected chi connectivity index (χ0v) is 63.6. The molecule has 0 aliphatic carbocycles. The van der Waals surface area contributed by atoms with E-state index in [1.54, 1.807) is 0 Å². The molecule has 0 aliphatic heterocycles. The lowest BCUT2D eigenvalue weighted by Crippen LogP contribution is -2.40. The van der Waals surface area contributed by atoms with Crippen LogP contribution in [0.1, 0.15) is 284 Å². The maximum absolute atomic E-state index is 13.0. The summed E-state index contributed by atoms with van der Waals surface area (Å²) in [6.45, 7) is 4.61. The molecule has 0 spiro atoms. The number of carboxylic acids is 1. The predicted molar refractivity (Wildman–Crippen MR) is 428 cm³/mol. The van der Waals surface area contributed by atoms with Crippen LogP contribution in [0, 0.1) is 0 Å². The van der Waals surface area contributed by atoms with Gasteiger partial charge in [-0.25, -0.2) is 4.79 Å². The van der Waals surface area contributed by atoms with Crippen LogP contribution in [0.4, 0.5) is 0 Å². The Morgan fingerprint density at radius 2 is 0.545 bits per heavy atom. The van der Waals surface area contributed by atoms with Gasteiger partial charge in [-0.2, -0.15) is 0 Å². The van der Waals surface area contributed by atoms with E-state index in [2.05, 4.69) is 220 Å². The van der Waals surface area contributed by atoms with E-state index in [9.17, 15) is 19.5 Å². The van der Waals surface area contributed by atoms with Gasteiger partial charge in [-0.1, -0.05) is 330 Å². The summed E-state index contributed by atoms with van der Waals surface area (Å²) in [6.07, 6.45) is 118. The second-order valence-electron chi connectivity index (χ2n) is 26.6. The van der Waals surface area contributed by atoms with Crippen LogP contribution in [-0.4, -0.2) is 87.4 Å². The lowest BCUT2D eigenvalue weighted by Gasteiger charge is -2.25. The molecule has 99 heavy (non-hydrogen) atoms. The lowest BCUT2D eigenvalue weighted by atomic mass is 10.0. The van der Waals surface area contributed by atoms with Crippen molar-refractivity contribution in [3.63, 3.8) is 0 Å². The normalized spacial score (nSPS) is 13.8. The summed E-state index contributed by atoms with van der Waals surface area (Å²) in [7, 11) is 5.96. The van der Waals surface area contributed by atoms with E-state index in [0.29, 0.717) is 17.4 Å². The molecule has 2 atom stereocenters. The average Bonchev–Trinajstić information content (AvgIpc) is 1.57. The molecular formula is C90H144NO8+. The number of carbonyl (C=O) groups is 3. The SMILES string of the molecule is CC/C=C\C/C=C\C/C=C\C/C=C\C/C=C\C/C=C\C/C=C\C/C=C\C/C=C\CCCCCCCC(=O)OC(COC(=O)CCCCCCCCCCCCCCCCCC/C=C\C/C=C\C/C=C\C/C=C\C/C=C\C/C=C\C/C=C\C/C=C\CC)COC(OCC[N+](C)(C)C)C(=O)O. The first-order valence-electron chi connectivity index (χ1n) is 39.2. The third-order valence-electron chi connectivity index (χ3n) is 16.0. The van der Waals surface area contributed by atoms with Crippen LogP contribution >= 0.6 is 0 Å². The molecule has 0 bridgehead atoms. The van der Waals surface area contributed by atoms with Gasteiger partial charge in [0.05, 0.1) is 34.4 Å². The largest absolute Gasteiger partial charge is 0.477 e. The Balaban J connectivity index is 4.14. The van der Waals surface area contributed by atoms with E-state index in [1.165, 1.54) is 89.9 Å². The number of carboxylic acid groups (broad SMARTS) is 1. The van der Waals surface area contributed by atoms with E-state index >= 15 is 0 Å². The number of hydrogen-bond acceptors (Lipinski definition) is 7. The van der Waals surface area contributed by atoms with Gasteiger partial charge in [0.15, 0.2) is 6.10 Å². The van der Waals surface area contributed by atoms with Crippen LogP contribution < -0.4 is 0 Å². The van der Waals surface area contributed by atoms with Crippen LogP contribution in [0.15, 0.2) is 207 Å². The molecule has 0 aromatic rings. The minimum atomic E-state index is -1.53. The van der Waals surface area contributed by atoms with Crippen molar-refractivity contribution in [2.75, 3.05) is 47.5 Å². The molecule has 9 nitrogen and oxygen atoms in total. The lowest BCUT2D eigenvalue weighted by molar-refractivity contribution is -0.870. The maximum atomic E-state index is 13.0. The molecule has 9 heteroatoms. The van der Waals surface area contributed by atoms with E-state index in [1.807, 2.05) is 21.1 Å². The van der Waals surface area contributed by atoms with Crippen LogP contribution in [-0.2, 0) is 33.3 Å². The molecule has 0 rings (SSSR count). The van der Waals surface area contributed by atoms with Crippen molar-refractivity contribution in [2.45, 2.75) is 296 Å². The van der Waals surface area contributed by atoms with Gasteiger partial charge in [-0.3, -0.25) is 9.59 Å². The zero-order valence-electron chi connectivity index (χ0n) is 63.6. The number of likely N-dealkylation sites (N-methyl/N-ethyl adjacent to an activating group) is 1. The van der Waals surface area contributed by atoms with Gasteiger partial charge in [-0.15, -0.1) is 0 Å². The van der Waals surface area contributed by atoms with Gasteiger partial charge in [-0.05, 0) is 148 Å². The fourth-order valence-corrected chi connectivity index (χ4v) is 10.1. The minimum Gasteiger partial charge on any atom is -0.477 e. The second kappa shape index (κ2) is 77.6. The number of quaternary nitrogens is 1. The Labute approximate surface area is 607 Å². The summed E-state index contributed by atoms with van der Waals surface area (Å²) >= 11 is 0. The maximum Gasteiger partial charge on any atom is 0.361 e. The highest BCUT2D eigenvalue weighted by Crippen LogP contribution is 2.16. The molecule has 0 saturated carbocycles. The molecule has 0 aromatic heterocycles. The van der Waals surface area contributed by atoms with Gasteiger partial charge >= 0.3 is 17.9 Å². The van der Waals surface area contributed by atoms with E-state index in [4.69, 9.17) is 18.9 Å². The van der Waals surface area contributed by atoms with Crippen molar-refractivity contribution >= 4 is 17.9 Å². The summed E-state index contributed by atoms with van der Waals surface area (Å²) in [5.41, 5.74) is 0. The number of ether oxygens (including phenoxy) is 4. The van der Waals surface area contributed by atoms with Gasteiger partial charge in [0, 0.05) is 12.8 Å². The summed E-state index contributed by atoms with van der Waals surface area (Å²) in [4.78, 5) is 37.7. The molecule has 0 saturated heterocycles. The molecule has 0 fully saturated rings. The average molecular weight is 1370 g/mol. The first-order chi connectivity index (χ1) is 48.6. The molecule has 0 heterocycles. The fourth-order valence-electron chi connectivity index (χ4n) is 10.1. The second-order valence-corrected chi connectivity index (χ2v) is 26.6. The number of nitrogens with zero attached hydrogens (tertiary/aromatic N) is 1. The van der Waals surface area contributed by atoms with Crippen molar-refractivity contribution in [3.8, 4) is 0 Å². The van der Waals surface area contributed by atoms with E-state index in [0.717, 1.165) is 161 Å². The Morgan fingerprint density at radius 1 is 0.303 bits per heavy atom. The Bertz CT molecular complexity index is 2390. The number of rotatable bonds is 70. The highest BCUT2D eigenvalue weighted by molar-refractivity contribution is 5.71. The van der Waals surface area contributed by atoms with Gasteiger partial charge < -0.3 is 28.5 Å². The van der Waals surface area contributed by atoms with Crippen LogP contribution in [0.5, 0.6) is 0 Å². The smallest absolute Gasteiger partial charge is 0.361 e. The van der Waals surface area contributed by atoms with E-state index in [-0.39, 0.29) is 38.6 Å². The van der Waals surface area contributed by atoms with Gasteiger partial charge in [0.1, 0.15) is 13.2 Å². The monoisotopic (exact) mass is 1370 g/mol. The Kier molecular flexibility index (Phi) is 72.8. The van der Waals surface area contributed by atoms with Crippen LogP contribution in [0.25, 0.3) is 0 Å².